The lowest BCUT2D eigenvalue weighted by Gasteiger charge is -2.09. The molecule has 136 valence electrons. The van der Waals surface area contributed by atoms with Crippen LogP contribution in [0.3, 0.4) is 0 Å². The predicted molar refractivity (Wildman–Crippen MR) is 95.4 cm³/mol. The maximum atomic E-state index is 12.2. The summed E-state index contributed by atoms with van der Waals surface area (Å²) >= 11 is 1.27. The predicted octanol–water partition coefficient (Wildman–Crippen LogP) is 1.32. The highest BCUT2D eigenvalue weighted by Gasteiger charge is 2.34. The van der Waals surface area contributed by atoms with Gasteiger partial charge in [-0.3, -0.25) is 15.0 Å². The second-order valence-corrected chi connectivity index (χ2v) is 7.20. The van der Waals surface area contributed by atoms with E-state index in [2.05, 4.69) is 5.32 Å². The second kappa shape index (κ2) is 7.12. The van der Waals surface area contributed by atoms with Crippen molar-refractivity contribution in [2.24, 2.45) is 11.7 Å². The highest BCUT2D eigenvalue weighted by molar-refractivity contribution is 7.20. The first-order valence-electron chi connectivity index (χ1n) is 7.90. The van der Waals surface area contributed by atoms with Crippen LogP contribution in [0.15, 0.2) is 24.3 Å². The number of esters is 1. The van der Waals surface area contributed by atoms with Gasteiger partial charge in [0.1, 0.15) is 17.3 Å². The number of hydrogen-bond acceptors (Lipinski definition) is 6. The summed E-state index contributed by atoms with van der Waals surface area (Å²) in [7, 11) is 0. The summed E-state index contributed by atoms with van der Waals surface area (Å²) in [6, 6.07) is 6.54. The number of nitrogens with two attached hydrogens (primary N) is 1. The number of carboxylic acids is 1. The standard InChI is InChI=1S/C17H17N3O5S/c18-15(19)8-1-2-12-9(3-8)5-13(26-12)17(24)25-7-11-4-10(6-14(21)22)16(23)20-11/h1-3,5,10-11H,4,6-7H2,(H3,18,19)(H,20,23)(H,21,22). The molecule has 1 aliphatic heterocycles. The number of ether oxygens (including phenoxy) is 1. The molecule has 8 nitrogen and oxygen atoms in total. The molecule has 1 aliphatic rings. The minimum Gasteiger partial charge on any atom is -0.481 e. The topological polar surface area (TPSA) is 143 Å². The molecule has 1 saturated heterocycles. The van der Waals surface area contributed by atoms with Gasteiger partial charge < -0.3 is 20.9 Å². The number of amidine groups is 1. The minimum absolute atomic E-state index is 0.00632. The third-order valence-electron chi connectivity index (χ3n) is 4.15. The van der Waals surface area contributed by atoms with E-state index in [1.54, 1.807) is 24.3 Å². The number of carbonyl (C=O) groups excluding carboxylic acids is 2. The molecule has 0 saturated carbocycles. The van der Waals surface area contributed by atoms with Crippen molar-refractivity contribution >= 4 is 45.1 Å². The van der Waals surface area contributed by atoms with Gasteiger partial charge in [-0.1, -0.05) is 0 Å². The van der Waals surface area contributed by atoms with Gasteiger partial charge in [0.25, 0.3) is 0 Å². The summed E-state index contributed by atoms with van der Waals surface area (Å²) in [5, 5.41) is 19.7. The Bertz CT molecular complexity index is 907. The molecule has 1 aromatic carbocycles. The number of benzene rings is 1. The van der Waals surface area contributed by atoms with Crippen molar-refractivity contribution < 1.29 is 24.2 Å². The van der Waals surface area contributed by atoms with Gasteiger partial charge in [0.05, 0.1) is 18.4 Å². The summed E-state index contributed by atoms with van der Waals surface area (Å²) in [5.41, 5.74) is 6.04. The fraction of sp³-hybridized carbons (Fsp3) is 0.294. The van der Waals surface area contributed by atoms with Gasteiger partial charge in [-0.25, -0.2) is 4.79 Å². The molecule has 2 heterocycles. The fourth-order valence-corrected chi connectivity index (χ4v) is 3.82. The van der Waals surface area contributed by atoms with E-state index in [-0.39, 0.29) is 30.8 Å². The highest BCUT2D eigenvalue weighted by Crippen LogP contribution is 2.27. The average Bonchev–Trinajstić information content (AvgIpc) is 3.15. The number of hydrogen-bond donors (Lipinski definition) is 4. The SMILES string of the molecule is N=C(N)c1ccc2sc(C(=O)OCC3CC(CC(=O)O)C(=O)N3)cc2c1. The zero-order valence-electron chi connectivity index (χ0n) is 13.7. The molecule has 0 bridgehead atoms. The molecule has 0 spiro atoms. The lowest BCUT2D eigenvalue weighted by molar-refractivity contribution is -0.140. The second-order valence-electron chi connectivity index (χ2n) is 6.11. The summed E-state index contributed by atoms with van der Waals surface area (Å²) < 4.78 is 6.14. The van der Waals surface area contributed by atoms with Crippen LogP contribution in [-0.2, 0) is 14.3 Å². The van der Waals surface area contributed by atoms with Crippen molar-refractivity contribution in [2.75, 3.05) is 6.61 Å². The van der Waals surface area contributed by atoms with Crippen LogP contribution in [0.4, 0.5) is 0 Å². The Morgan fingerprint density at radius 3 is 2.85 bits per heavy atom. The van der Waals surface area contributed by atoms with E-state index in [1.807, 2.05) is 0 Å². The number of amides is 1. The van der Waals surface area contributed by atoms with Crippen LogP contribution in [-0.4, -0.2) is 41.4 Å². The van der Waals surface area contributed by atoms with Gasteiger partial charge in [0.2, 0.25) is 5.91 Å². The third kappa shape index (κ3) is 3.83. The van der Waals surface area contributed by atoms with E-state index in [1.165, 1.54) is 11.3 Å². The Hall–Kier alpha value is -2.94. The number of thiophene rings is 1. The van der Waals surface area contributed by atoms with Gasteiger partial charge in [-0.15, -0.1) is 11.3 Å². The van der Waals surface area contributed by atoms with Crippen molar-refractivity contribution in [3.05, 3.63) is 34.7 Å². The lowest BCUT2D eigenvalue weighted by atomic mass is 10.0. The number of carboxylic acid groups (broad SMARTS) is 1. The molecule has 1 aromatic heterocycles. The number of aliphatic carboxylic acids is 1. The van der Waals surface area contributed by atoms with Gasteiger partial charge in [0, 0.05) is 10.3 Å². The minimum atomic E-state index is -1.03. The first-order chi connectivity index (χ1) is 12.3. The van der Waals surface area contributed by atoms with Gasteiger partial charge in [-0.05, 0) is 36.1 Å². The van der Waals surface area contributed by atoms with Crippen LogP contribution in [0.5, 0.6) is 0 Å². The van der Waals surface area contributed by atoms with Crippen LogP contribution in [0.25, 0.3) is 10.1 Å². The molecule has 1 amide bonds. The van der Waals surface area contributed by atoms with E-state index in [9.17, 15) is 14.4 Å². The van der Waals surface area contributed by atoms with Crippen molar-refractivity contribution in [3.8, 4) is 0 Å². The summed E-state index contributed by atoms with van der Waals surface area (Å²) in [5.74, 6) is -2.50. The van der Waals surface area contributed by atoms with Crippen LogP contribution >= 0.6 is 11.3 Å². The molecule has 3 rings (SSSR count). The quantitative estimate of drug-likeness (QED) is 0.341. The van der Waals surface area contributed by atoms with E-state index >= 15 is 0 Å². The normalized spacial score (nSPS) is 19.3. The maximum absolute atomic E-state index is 12.2. The molecule has 2 unspecified atom stereocenters. The molecule has 5 N–H and O–H groups in total. The van der Waals surface area contributed by atoms with Crippen LogP contribution < -0.4 is 11.1 Å². The molecule has 9 heteroatoms. The van der Waals surface area contributed by atoms with Crippen LogP contribution in [0.1, 0.15) is 28.1 Å². The first-order valence-corrected chi connectivity index (χ1v) is 8.72. The number of rotatable bonds is 6. The van der Waals surface area contributed by atoms with Crippen LogP contribution in [0.2, 0.25) is 0 Å². The van der Waals surface area contributed by atoms with E-state index < -0.39 is 17.9 Å². The summed E-state index contributed by atoms with van der Waals surface area (Å²) in [4.78, 5) is 35.1. The zero-order valence-corrected chi connectivity index (χ0v) is 14.5. The van der Waals surface area contributed by atoms with Crippen LogP contribution in [0, 0.1) is 11.3 Å². The summed E-state index contributed by atoms with van der Waals surface area (Å²) in [6.45, 7) is -0.00632. The Morgan fingerprint density at radius 2 is 2.15 bits per heavy atom. The van der Waals surface area contributed by atoms with Crippen molar-refractivity contribution in [3.63, 3.8) is 0 Å². The Balaban J connectivity index is 1.62. The molecule has 2 atom stereocenters. The van der Waals surface area contributed by atoms with Gasteiger partial charge in [-0.2, -0.15) is 0 Å². The lowest BCUT2D eigenvalue weighted by Crippen LogP contribution is -2.31. The zero-order chi connectivity index (χ0) is 18.8. The number of fused-ring (bicyclic) bond motifs is 1. The van der Waals surface area contributed by atoms with E-state index in [4.69, 9.17) is 21.0 Å². The fourth-order valence-electron chi connectivity index (χ4n) is 2.88. The molecule has 26 heavy (non-hydrogen) atoms. The van der Waals surface area contributed by atoms with Crippen molar-refractivity contribution in [1.82, 2.24) is 5.32 Å². The van der Waals surface area contributed by atoms with Crippen molar-refractivity contribution in [1.29, 1.82) is 5.41 Å². The number of carbonyl (C=O) groups is 3. The molecule has 2 aromatic rings. The molecular weight excluding hydrogens is 358 g/mol. The molecule has 0 radical (unpaired) electrons. The smallest absolute Gasteiger partial charge is 0.348 e. The number of nitrogen functional groups attached to an aromatic ring is 1. The largest absolute Gasteiger partial charge is 0.481 e. The third-order valence-corrected chi connectivity index (χ3v) is 5.25. The highest BCUT2D eigenvalue weighted by atomic mass is 32.1. The molecular formula is C17H17N3O5S. The maximum Gasteiger partial charge on any atom is 0.348 e. The van der Waals surface area contributed by atoms with E-state index in [0.29, 0.717) is 16.9 Å². The first kappa shape index (κ1) is 17.9. The molecule has 1 fully saturated rings. The Labute approximate surface area is 152 Å². The Morgan fingerprint density at radius 1 is 1.38 bits per heavy atom. The van der Waals surface area contributed by atoms with Gasteiger partial charge >= 0.3 is 11.9 Å². The van der Waals surface area contributed by atoms with Gasteiger partial charge in [0.15, 0.2) is 0 Å². The van der Waals surface area contributed by atoms with Crippen molar-refractivity contribution in [2.45, 2.75) is 18.9 Å². The average molecular weight is 375 g/mol. The Kier molecular flexibility index (Phi) is 4.90. The van der Waals surface area contributed by atoms with E-state index in [0.717, 1.165) is 10.1 Å². The molecule has 0 aliphatic carbocycles. The monoisotopic (exact) mass is 375 g/mol. The summed E-state index contributed by atoms with van der Waals surface area (Å²) in [6.07, 6.45) is 0.0951. The number of nitrogens with one attached hydrogen (secondary N) is 2.